The van der Waals surface area contributed by atoms with Gasteiger partial charge in [-0.2, -0.15) is 0 Å². The maximum absolute atomic E-state index is 4.08. The molecule has 0 radical (unpaired) electrons. The molecule has 3 rings (SSSR count). The van der Waals surface area contributed by atoms with Crippen LogP contribution in [-0.4, -0.2) is 9.55 Å². The van der Waals surface area contributed by atoms with Gasteiger partial charge in [0.05, 0.1) is 6.33 Å². The minimum atomic E-state index is 0.342. The standard InChI is InChI=1S/C20H23N3/c1-3-17-4-8-19(9-5-17)16(2)22-14-18-6-10-20(11-7-18)23-13-12-21-15-23/h4-13,15-16,22H,3,14H2,1-2H3. The van der Waals surface area contributed by atoms with Crippen LogP contribution in [0.2, 0.25) is 0 Å². The van der Waals surface area contributed by atoms with Crippen LogP contribution in [0.5, 0.6) is 0 Å². The Balaban J connectivity index is 1.59. The van der Waals surface area contributed by atoms with Gasteiger partial charge in [0.2, 0.25) is 0 Å². The van der Waals surface area contributed by atoms with Crippen LogP contribution in [-0.2, 0) is 13.0 Å². The Morgan fingerprint density at radius 2 is 1.70 bits per heavy atom. The van der Waals surface area contributed by atoms with Gasteiger partial charge in [-0.3, -0.25) is 0 Å². The summed E-state index contributed by atoms with van der Waals surface area (Å²) in [5.41, 5.74) is 5.13. The molecule has 1 aromatic heterocycles. The predicted octanol–water partition coefficient (Wildman–Crippen LogP) is 4.29. The van der Waals surface area contributed by atoms with Crippen LogP contribution in [0.3, 0.4) is 0 Å². The van der Waals surface area contributed by atoms with E-state index in [9.17, 15) is 0 Å². The minimum Gasteiger partial charge on any atom is -0.306 e. The van der Waals surface area contributed by atoms with E-state index in [1.807, 2.05) is 17.1 Å². The summed E-state index contributed by atoms with van der Waals surface area (Å²) in [6.07, 6.45) is 6.65. The Morgan fingerprint density at radius 1 is 1.00 bits per heavy atom. The lowest BCUT2D eigenvalue weighted by atomic mass is 10.0. The number of hydrogen-bond acceptors (Lipinski definition) is 2. The SMILES string of the molecule is CCc1ccc(C(C)NCc2ccc(-n3ccnc3)cc2)cc1. The molecule has 0 bridgehead atoms. The van der Waals surface area contributed by atoms with E-state index in [0.717, 1.165) is 18.7 Å². The summed E-state index contributed by atoms with van der Waals surface area (Å²) < 4.78 is 2.01. The van der Waals surface area contributed by atoms with E-state index >= 15 is 0 Å². The molecule has 1 N–H and O–H groups in total. The molecule has 0 saturated heterocycles. The molecule has 0 saturated carbocycles. The summed E-state index contributed by atoms with van der Waals surface area (Å²) in [5.74, 6) is 0. The highest BCUT2D eigenvalue weighted by Crippen LogP contribution is 2.15. The molecule has 0 aliphatic rings. The lowest BCUT2D eigenvalue weighted by Gasteiger charge is -2.15. The summed E-state index contributed by atoms with van der Waals surface area (Å²) >= 11 is 0. The van der Waals surface area contributed by atoms with Gasteiger partial charge in [0.1, 0.15) is 0 Å². The first-order chi connectivity index (χ1) is 11.3. The first kappa shape index (κ1) is 15.5. The van der Waals surface area contributed by atoms with Gasteiger partial charge in [-0.25, -0.2) is 4.98 Å². The van der Waals surface area contributed by atoms with Crippen LogP contribution < -0.4 is 5.32 Å². The van der Waals surface area contributed by atoms with E-state index in [1.54, 1.807) is 6.20 Å². The summed E-state index contributed by atoms with van der Waals surface area (Å²) in [4.78, 5) is 4.08. The Morgan fingerprint density at radius 3 is 2.30 bits per heavy atom. The van der Waals surface area contributed by atoms with Crippen molar-refractivity contribution in [3.63, 3.8) is 0 Å². The topological polar surface area (TPSA) is 29.9 Å². The lowest BCUT2D eigenvalue weighted by molar-refractivity contribution is 0.574. The van der Waals surface area contributed by atoms with Crippen molar-refractivity contribution < 1.29 is 0 Å². The van der Waals surface area contributed by atoms with E-state index < -0.39 is 0 Å². The molecule has 1 heterocycles. The van der Waals surface area contributed by atoms with Crippen molar-refractivity contribution in [3.8, 4) is 5.69 Å². The van der Waals surface area contributed by atoms with Crippen LogP contribution in [0.1, 0.15) is 36.6 Å². The van der Waals surface area contributed by atoms with Crippen LogP contribution in [0.15, 0.2) is 67.3 Å². The quantitative estimate of drug-likeness (QED) is 0.736. The van der Waals surface area contributed by atoms with Gasteiger partial charge in [-0.05, 0) is 42.2 Å². The molecule has 23 heavy (non-hydrogen) atoms. The smallest absolute Gasteiger partial charge is 0.0991 e. The molecule has 0 aliphatic carbocycles. The van der Waals surface area contributed by atoms with Crippen LogP contribution >= 0.6 is 0 Å². The van der Waals surface area contributed by atoms with Gasteiger partial charge in [-0.1, -0.05) is 43.3 Å². The Bertz CT molecular complexity index is 713. The highest BCUT2D eigenvalue weighted by molar-refractivity contribution is 5.34. The summed E-state index contributed by atoms with van der Waals surface area (Å²) in [5, 5.41) is 3.59. The van der Waals surface area contributed by atoms with Crippen molar-refractivity contribution in [1.29, 1.82) is 0 Å². The van der Waals surface area contributed by atoms with E-state index in [1.165, 1.54) is 16.7 Å². The molecule has 1 atom stereocenters. The number of nitrogens with zero attached hydrogens (tertiary/aromatic N) is 2. The van der Waals surface area contributed by atoms with Crippen molar-refractivity contribution in [1.82, 2.24) is 14.9 Å². The van der Waals surface area contributed by atoms with Gasteiger partial charge in [-0.15, -0.1) is 0 Å². The second-order valence-electron chi connectivity index (χ2n) is 5.83. The fourth-order valence-corrected chi connectivity index (χ4v) is 2.63. The number of aromatic nitrogens is 2. The minimum absolute atomic E-state index is 0.342. The molecule has 0 amide bonds. The number of nitrogens with one attached hydrogen (secondary N) is 1. The average molecular weight is 305 g/mol. The molecule has 1 unspecified atom stereocenters. The highest BCUT2D eigenvalue weighted by Gasteiger charge is 2.05. The van der Waals surface area contributed by atoms with E-state index in [2.05, 4.69) is 72.7 Å². The van der Waals surface area contributed by atoms with E-state index in [0.29, 0.717) is 6.04 Å². The first-order valence-corrected chi connectivity index (χ1v) is 8.15. The van der Waals surface area contributed by atoms with Crippen molar-refractivity contribution >= 4 is 0 Å². The third-order valence-corrected chi connectivity index (χ3v) is 4.24. The van der Waals surface area contributed by atoms with Crippen LogP contribution in [0.25, 0.3) is 5.69 Å². The normalized spacial score (nSPS) is 12.3. The predicted molar refractivity (Wildman–Crippen MR) is 94.6 cm³/mol. The van der Waals surface area contributed by atoms with E-state index in [4.69, 9.17) is 0 Å². The third kappa shape index (κ3) is 3.88. The second kappa shape index (κ2) is 7.25. The fourth-order valence-electron chi connectivity index (χ4n) is 2.63. The number of aryl methyl sites for hydroxylation is 1. The summed E-state index contributed by atoms with van der Waals surface area (Å²) in [6, 6.07) is 17.8. The van der Waals surface area contributed by atoms with Crippen molar-refractivity contribution in [2.75, 3.05) is 0 Å². The maximum Gasteiger partial charge on any atom is 0.0991 e. The molecule has 0 spiro atoms. The molecular weight excluding hydrogens is 282 g/mol. The zero-order valence-corrected chi connectivity index (χ0v) is 13.7. The van der Waals surface area contributed by atoms with Gasteiger partial charge < -0.3 is 9.88 Å². The van der Waals surface area contributed by atoms with Gasteiger partial charge in [0.15, 0.2) is 0 Å². The molecular formula is C20H23N3. The monoisotopic (exact) mass is 305 g/mol. The number of rotatable bonds is 6. The molecule has 3 aromatic rings. The summed E-state index contributed by atoms with van der Waals surface area (Å²) in [6.45, 7) is 5.26. The molecule has 118 valence electrons. The lowest BCUT2D eigenvalue weighted by Crippen LogP contribution is -2.18. The van der Waals surface area contributed by atoms with Crippen LogP contribution in [0.4, 0.5) is 0 Å². The fraction of sp³-hybridized carbons (Fsp3) is 0.250. The number of imidazole rings is 1. The van der Waals surface area contributed by atoms with Gasteiger partial charge in [0.25, 0.3) is 0 Å². The Labute approximate surface area is 138 Å². The molecule has 0 aliphatic heterocycles. The van der Waals surface area contributed by atoms with Crippen molar-refractivity contribution in [2.45, 2.75) is 32.9 Å². The first-order valence-electron chi connectivity index (χ1n) is 8.15. The van der Waals surface area contributed by atoms with Gasteiger partial charge in [0, 0.05) is 30.7 Å². The Hall–Kier alpha value is -2.39. The maximum atomic E-state index is 4.08. The van der Waals surface area contributed by atoms with Crippen molar-refractivity contribution in [2.24, 2.45) is 0 Å². The molecule has 3 nitrogen and oxygen atoms in total. The zero-order valence-electron chi connectivity index (χ0n) is 13.7. The molecule has 0 fully saturated rings. The summed E-state index contributed by atoms with van der Waals surface area (Å²) in [7, 11) is 0. The Kier molecular flexibility index (Phi) is 4.89. The number of hydrogen-bond donors (Lipinski definition) is 1. The molecule has 2 aromatic carbocycles. The van der Waals surface area contributed by atoms with Crippen LogP contribution in [0, 0.1) is 0 Å². The largest absolute Gasteiger partial charge is 0.306 e. The average Bonchev–Trinajstić information content (AvgIpc) is 3.15. The highest BCUT2D eigenvalue weighted by atomic mass is 15.0. The van der Waals surface area contributed by atoms with Gasteiger partial charge >= 0.3 is 0 Å². The third-order valence-electron chi connectivity index (χ3n) is 4.24. The zero-order chi connectivity index (χ0) is 16.1. The van der Waals surface area contributed by atoms with Crippen molar-refractivity contribution in [3.05, 3.63) is 83.9 Å². The van der Waals surface area contributed by atoms with E-state index in [-0.39, 0.29) is 0 Å². The molecule has 3 heteroatoms. The number of benzene rings is 2. The second-order valence-corrected chi connectivity index (χ2v) is 5.83.